The van der Waals surface area contributed by atoms with E-state index < -0.39 is 29.1 Å². The van der Waals surface area contributed by atoms with E-state index in [9.17, 15) is 18.0 Å². The average Bonchev–Trinajstić information content (AvgIpc) is 2.90. The van der Waals surface area contributed by atoms with Crippen molar-refractivity contribution in [3.05, 3.63) is 11.5 Å². The number of carbonyl (C=O) groups excluding carboxylic acids is 2. The van der Waals surface area contributed by atoms with Crippen LogP contribution in [0.4, 0.5) is 0 Å². The quantitative estimate of drug-likeness (QED) is 0.716. The van der Waals surface area contributed by atoms with Crippen LogP contribution >= 0.6 is 0 Å². The zero-order valence-electron chi connectivity index (χ0n) is 14.6. The highest BCUT2D eigenvalue weighted by molar-refractivity contribution is 7.89. The molecule has 0 aliphatic carbocycles. The maximum atomic E-state index is 12.2. The van der Waals surface area contributed by atoms with Gasteiger partial charge in [0.1, 0.15) is 17.1 Å². The molecule has 0 saturated carbocycles. The normalized spacial score (nSPS) is 18.2. The summed E-state index contributed by atoms with van der Waals surface area (Å²) in [6, 6.07) is 0. The smallest absolute Gasteiger partial charge is 0.321 e. The Morgan fingerprint density at radius 1 is 1.40 bits per heavy atom. The summed E-state index contributed by atoms with van der Waals surface area (Å²) in [7, 11) is -3.94. The van der Waals surface area contributed by atoms with Crippen molar-refractivity contribution in [3.63, 3.8) is 0 Å². The highest BCUT2D eigenvalue weighted by Crippen LogP contribution is 2.18. The van der Waals surface area contributed by atoms with E-state index in [1.807, 2.05) is 0 Å². The molecule has 1 aromatic heterocycles. The van der Waals surface area contributed by atoms with E-state index in [0.29, 0.717) is 19.0 Å². The molecule has 1 aliphatic rings. The van der Waals surface area contributed by atoms with Crippen LogP contribution in [0.2, 0.25) is 0 Å². The Kier molecular flexibility index (Phi) is 6.17. The van der Waals surface area contributed by atoms with E-state index in [4.69, 9.17) is 9.26 Å². The number of piperidine rings is 1. The molecule has 1 aliphatic heterocycles. The fourth-order valence-corrected chi connectivity index (χ4v) is 4.08. The number of nitrogens with one attached hydrogen (secondary N) is 1. The number of aryl methyl sites for hydroxylation is 2. The predicted octanol–water partition coefficient (Wildman–Crippen LogP) is 0.371. The number of carbonyl (C=O) groups is 2. The summed E-state index contributed by atoms with van der Waals surface area (Å²) in [5.41, 5.74) is 0.202. The average molecular weight is 373 g/mol. The maximum absolute atomic E-state index is 12.2. The van der Waals surface area contributed by atoms with Gasteiger partial charge in [0.15, 0.2) is 12.4 Å². The van der Waals surface area contributed by atoms with Crippen molar-refractivity contribution in [1.29, 1.82) is 0 Å². The highest BCUT2D eigenvalue weighted by Gasteiger charge is 2.26. The van der Waals surface area contributed by atoms with Crippen molar-refractivity contribution in [2.24, 2.45) is 5.92 Å². The molecule has 2 rings (SSSR count). The third-order valence-corrected chi connectivity index (χ3v) is 5.65. The Balaban J connectivity index is 1.81. The fraction of sp³-hybridized carbons (Fsp3) is 0.667. The summed E-state index contributed by atoms with van der Waals surface area (Å²) in [5, 5.41) is 3.57. The van der Waals surface area contributed by atoms with Gasteiger partial charge in [0, 0.05) is 13.1 Å². The van der Waals surface area contributed by atoms with Gasteiger partial charge < -0.3 is 14.2 Å². The molecule has 9 nitrogen and oxygen atoms in total. The molecule has 10 heteroatoms. The van der Waals surface area contributed by atoms with Crippen LogP contribution in [0.25, 0.3) is 0 Å². The van der Waals surface area contributed by atoms with Gasteiger partial charge in [0.2, 0.25) is 10.0 Å². The first-order valence-corrected chi connectivity index (χ1v) is 9.55. The first-order valence-electron chi connectivity index (χ1n) is 8.06. The van der Waals surface area contributed by atoms with Crippen LogP contribution in [-0.4, -0.2) is 56.6 Å². The summed E-state index contributed by atoms with van der Waals surface area (Å²) in [5.74, 6) is -0.537. The van der Waals surface area contributed by atoms with Crippen molar-refractivity contribution < 1.29 is 27.3 Å². The Bertz CT molecular complexity index is 723. The Morgan fingerprint density at radius 2 is 2.12 bits per heavy atom. The van der Waals surface area contributed by atoms with Gasteiger partial charge in [0.05, 0.1) is 0 Å². The molecular formula is C15H23N3O6S. The second-order valence-corrected chi connectivity index (χ2v) is 7.93. The number of likely N-dealkylation sites (tertiary alicyclic amines) is 1. The summed E-state index contributed by atoms with van der Waals surface area (Å²) < 4.78 is 36.1. The minimum atomic E-state index is -3.94. The van der Waals surface area contributed by atoms with Gasteiger partial charge in [-0.25, -0.2) is 8.42 Å². The van der Waals surface area contributed by atoms with Gasteiger partial charge in [-0.2, -0.15) is 4.72 Å². The number of sulfonamides is 1. The number of esters is 1. The maximum Gasteiger partial charge on any atom is 0.321 e. The molecule has 1 N–H and O–H groups in total. The molecule has 1 atom stereocenters. The number of amides is 1. The summed E-state index contributed by atoms with van der Waals surface area (Å²) in [6.07, 6.45) is 2.01. The van der Waals surface area contributed by atoms with Crippen LogP contribution in [0.15, 0.2) is 9.42 Å². The van der Waals surface area contributed by atoms with E-state index in [1.165, 1.54) is 13.8 Å². The Morgan fingerprint density at radius 3 is 2.72 bits per heavy atom. The summed E-state index contributed by atoms with van der Waals surface area (Å²) in [6.45, 7) is 5.35. The second-order valence-electron chi connectivity index (χ2n) is 6.23. The standard InChI is InChI=1S/C15H23N3O6S/c1-10-5-4-6-18(8-10)13(19)9-23-14(20)7-16-25(21,22)15-11(2)17-24-12(15)3/h10,16H,4-9H2,1-3H3/t10-/m0/s1. The molecule has 0 unspecified atom stereocenters. The van der Waals surface area contributed by atoms with Gasteiger partial charge in [0.25, 0.3) is 5.91 Å². The van der Waals surface area contributed by atoms with Crippen molar-refractivity contribution in [1.82, 2.24) is 14.8 Å². The lowest BCUT2D eigenvalue weighted by atomic mass is 10.0. The van der Waals surface area contributed by atoms with Gasteiger partial charge in [-0.3, -0.25) is 9.59 Å². The molecule has 140 valence electrons. The van der Waals surface area contributed by atoms with E-state index in [0.717, 1.165) is 12.8 Å². The lowest BCUT2D eigenvalue weighted by molar-refractivity contribution is -0.151. The van der Waals surface area contributed by atoms with E-state index >= 15 is 0 Å². The number of aromatic nitrogens is 1. The highest BCUT2D eigenvalue weighted by atomic mass is 32.2. The molecule has 1 aromatic rings. The predicted molar refractivity (Wildman–Crippen MR) is 87.1 cm³/mol. The van der Waals surface area contributed by atoms with E-state index in [-0.39, 0.29) is 22.3 Å². The second kappa shape index (κ2) is 7.96. The zero-order chi connectivity index (χ0) is 18.6. The van der Waals surface area contributed by atoms with Crippen LogP contribution in [0, 0.1) is 19.8 Å². The molecule has 0 aromatic carbocycles. The van der Waals surface area contributed by atoms with Crippen LogP contribution in [0.5, 0.6) is 0 Å². The molecular weight excluding hydrogens is 350 g/mol. The largest absolute Gasteiger partial charge is 0.455 e. The minimum absolute atomic E-state index is 0.0984. The Labute approximate surface area is 146 Å². The third-order valence-electron chi connectivity index (χ3n) is 4.01. The van der Waals surface area contributed by atoms with Crippen LogP contribution < -0.4 is 4.72 Å². The van der Waals surface area contributed by atoms with Gasteiger partial charge in [-0.1, -0.05) is 12.1 Å². The summed E-state index contributed by atoms with van der Waals surface area (Å²) >= 11 is 0. The first kappa shape index (κ1) is 19.4. The van der Waals surface area contributed by atoms with E-state index in [2.05, 4.69) is 16.8 Å². The molecule has 0 spiro atoms. The SMILES string of the molecule is Cc1noc(C)c1S(=O)(=O)NCC(=O)OCC(=O)N1CCC[C@H](C)C1. The number of hydrogen-bond donors (Lipinski definition) is 1. The third kappa shape index (κ3) is 5.02. The van der Waals surface area contributed by atoms with Crippen molar-refractivity contribution in [2.75, 3.05) is 26.2 Å². The number of hydrogen-bond acceptors (Lipinski definition) is 7. The van der Waals surface area contributed by atoms with Gasteiger partial charge in [-0.05, 0) is 32.6 Å². The zero-order valence-corrected chi connectivity index (χ0v) is 15.4. The lowest BCUT2D eigenvalue weighted by Gasteiger charge is -2.30. The number of nitrogens with zero attached hydrogens (tertiary/aromatic N) is 2. The van der Waals surface area contributed by atoms with Crippen LogP contribution in [-0.2, 0) is 24.3 Å². The molecule has 2 heterocycles. The van der Waals surface area contributed by atoms with Crippen LogP contribution in [0.1, 0.15) is 31.2 Å². The Hall–Kier alpha value is -1.94. The molecule has 0 bridgehead atoms. The van der Waals surface area contributed by atoms with Crippen molar-refractivity contribution >= 4 is 21.9 Å². The van der Waals surface area contributed by atoms with Gasteiger partial charge in [-0.15, -0.1) is 0 Å². The molecule has 1 saturated heterocycles. The van der Waals surface area contributed by atoms with Crippen LogP contribution in [0.3, 0.4) is 0 Å². The summed E-state index contributed by atoms with van der Waals surface area (Å²) in [4.78, 5) is 25.3. The first-order chi connectivity index (χ1) is 11.7. The van der Waals surface area contributed by atoms with Crippen molar-refractivity contribution in [3.8, 4) is 0 Å². The topological polar surface area (TPSA) is 119 Å². The molecule has 1 amide bonds. The van der Waals surface area contributed by atoms with Gasteiger partial charge >= 0.3 is 5.97 Å². The lowest BCUT2D eigenvalue weighted by Crippen LogP contribution is -2.42. The minimum Gasteiger partial charge on any atom is -0.455 e. The fourth-order valence-electron chi connectivity index (χ4n) is 2.78. The molecule has 1 fully saturated rings. The molecule has 0 radical (unpaired) electrons. The van der Waals surface area contributed by atoms with Crippen molar-refractivity contribution in [2.45, 2.75) is 38.5 Å². The molecule has 25 heavy (non-hydrogen) atoms. The number of ether oxygens (including phenoxy) is 1. The van der Waals surface area contributed by atoms with E-state index in [1.54, 1.807) is 4.90 Å². The monoisotopic (exact) mass is 373 g/mol. The number of rotatable bonds is 6.